The van der Waals surface area contributed by atoms with Gasteiger partial charge in [0.1, 0.15) is 5.76 Å². The van der Waals surface area contributed by atoms with Crippen molar-refractivity contribution in [2.75, 3.05) is 7.05 Å². The van der Waals surface area contributed by atoms with E-state index in [1.807, 2.05) is 37.3 Å². The number of nitrogens with zero attached hydrogens (tertiary/aromatic N) is 1. The summed E-state index contributed by atoms with van der Waals surface area (Å²) < 4.78 is 5.25. The van der Waals surface area contributed by atoms with Crippen molar-refractivity contribution in [1.82, 2.24) is 10.2 Å². The van der Waals surface area contributed by atoms with Gasteiger partial charge in [-0.05, 0) is 31.0 Å². The fourth-order valence-corrected chi connectivity index (χ4v) is 3.25. The fraction of sp³-hybridized carbons (Fsp3) is 0.368. The van der Waals surface area contributed by atoms with E-state index in [-0.39, 0.29) is 23.8 Å². The largest absolute Gasteiger partial charge is 0.467 e. The Hall–Kier alpha value is -2.56. The van der Waals surface area contributed by atoms with Crippen LogP contribution < -0.4 is 5.32 Å². The van der Waals surface area contributed by atoms with Gasteiger partial charge < -0.3 is 14.6 Å². The Labute approximate surface area is 141 Å². The van der Waals surface area contributed by atoms with Crippen LogP contribution in [0.25, 0.3) is 0 Å². The summed E-state index contributed by atoms with van der Waals surface area (Å²) in [6, 6.07) is 11.4. The molecule has 1 aliphatic rings. The number of carbonyl (C=O) groups is 2. The topological polar surface area (TPSA) is 62.6 Å². The standard InChI is InChI=1S/C19H22N2O3/c1-13-5-7-14(8-6-13)18-16(9-10-17(22)21(18)2)19(23)20-12-15-4-3-11-24-15/h3-8,11,16,18H,9-10,12H2,1-2H3,(H,20,23)/t16-,18+/m0/s1. The van der Waals surface area contributed by atoms with Gasteiger partial charge in [-0.25, -0.2) is 0 Å². The van der Waals surface area contributed by atoms with Crippen LogP contribution in [0.4, 0.5) is 0 Å². The molecule has 5 heteroatoms. The zero-order valence-corrected chi connectivity index (χ0v) is 14.0. The normalized spacial score (nSPS) is 20.9. The van der Waals surface area contributed by atoms with Crippen molar-refractivity contribution in [2.24, 2.45) is 5.92 Å². The maximum absolute atomic E-state index is 12.7. The Morgan fingerprint density at radius 1 is 1.29 bits per heavy atom. The third-order valence-electron chi connectivity index (χ3n) is 4.63. The highest BCUT2D eigenvalue weighted by molar-refractivity contribution is 5.84. The van der Waals surface area contributed by atoms with Crippen LogP contribution in [0, 0.1) is 12.8 Å². The Morgan fingerprint density at radius 2 is 2.04 bits per heavy atom. The SMILES string of the molecule is Cc1ccc([C@@H]2[C@@H](C(=O)NCc3ccco3)CCC(=O)N2C)cc1. The van der Waals surface area contributed by atoms with Crippen LogP contribution in [0.5, 0.6) is 0 Å². The third kappa shape index (κ3) is 3.35. The highest BCUT2D eigenvalue weighted by Crippen LogP contribution is 2.36. The molecule has 5 nitrogen and oxygen atoms in total. The molecule has 1 aromatic heterocycles. The van der Waals surface area contributed by atoms with Gasteiger partial charge in [-0.1, -0.05) is 29.8 Å². The number of piperidine rings is 1. The van der Waals surface area contributed by atoms with Crippen LogP contribution in [-0.4, -0.2) is 23.8 Å². The number of hydrogen-bond donors (Lipinski definition) is 1. The zero-order chi connectivity index (χ0) is 17.1. The number of nitrogens with one attached hydrogen (secondary N) is 1. The molecular weight excluding hydrogens is 304 g/mol. The molecule has 1 aromatic carbocycles. The Balaban J connectivity index is 1.79. The van der Waals surface area contributed by atoms with Gasteiger partial charge in [0.25, 0.3) is 0 Å². The van der Waals surface area contributed by atoms with Gasteiger partial charge in [-0.2, -0.15) is 0 Å². The van der Waals surface area contributed by atoms with Gasteiger partial charge >= 0.3 is 0 Å². The van der Waals surface area contributed by atoms with Crippen molar-refractivity contribution < 1.29 is 14.0 Å². The summed E-state index contributed by atoms with van der Waals surface area (Å²) in [7, 11) is 1.78. The molecule has 126 valence electrons. The molecule has 2 aromatic rings. The van der Waals surface area contributed by atoms with Crippen LogP contribution in [0.2, 0.25) is 0 Å². The Bertz CT molecular complexity index is 707. The minimum Gasteiger partial charge on any atom is -0.467 e. The molecule has 0 bridgehead atoms. The molecule has 1 aliphatic heterocycles. The number of likely N-dealkylation sites (tertiary alicyclic amines) is 1. The van der Waals surface area contributed by atoms with Gasteiger partial charge in [0.2, 0.25) is 11.8 Å². The van der Waals surface area contributed by atoms with Crippen molar-refractivity contribution in [1.29, 1.82) is 0 Å². The summed E-state index contributed by atoms with van der Waals surface area (Å²) in [6.45, 7) is 2.38. The van der Waals surface area contributed by atoms with E-state index in [2.05, 4.69) is 5.32 Å². The number of benzene rings is 1. The van der Waals surface area contributed by atoms with Crippen LogP contribution >= 0.6 is 0 Å². The van der Waals surface area contributed by atoms with E-state index < -0.39 is 0 Å². The lowest BCUT2D eigenvalue weighted by Gasteiger charge is -2.38. The fourth-order valence-electron chi connectivity index (χ4n) is 3.25. The number of carbonyl (C=O) groups excluding carboxylic acids is 2. The minimum absolute atomic E-state index is 0.0451. The molecule has 0 saturated carbocycles. The molecule has 0 aliphatic carbocycles. The van der Waals surface area contributed by atoms with Gasteiger partial charge in [0.15, 0.2) is 0 Å². The minimum atomic E-state index is -0.259. The number of furan rings is 1. The van der Waals surface area contributed by atoms with Crippen molar-refractivity contribution >= 4 is 11.8 Å². The highest BCUT2D eigenvalue weighted by atomic mass is 16.3. The second-order valence-corrected chi connectivity index (χ2v) is 6.30. The van der Waals surface area contributed by atoms with Crippen LogP contribution in [-0.2, 0) is 16.1 Å². The number of aryl methyl sites for hydroxylation is 1. The Kier molecular flexibility index (Phi) is 4.69. The lowest BCUT2D eigenvalue weighted by atomic mass is 9.83. The van der Waals surface area contributed by atoms with Gasteiger partial charge in [-0.3, -0.25) is 9.59 Å². The maximum atomic E-state index is 12.7. The summed E-state index contributed by atoms with van der Waals surface area (Å²) in [4.78, 5) is 26.5. The average molecular weight is 326 g/mol. The maximum Gasteiger partial charge on any atom is 0.225 e. The van der Waals surface area contributed by atoms with E-state index in [0.29, 0.717) is 19.4 Å². The monoisotopic (exact) mass is 326 g/mol. The van der Waals surface area contributed by atoms with E-state index in [1.54, 1.807) is 24.3 Å². The first-order valence-corrected chi connectivity index (χ1v) is 8.18. The van der Waals surface area contributed by atoms with E-state index >= 15 is 0 Å². The number of hydrogen-bond acceptors (Lipinski definition) is 3. The molecule has 0 radical (unpaired) electrons. The molecular formula is C19H22N2O3. The van der Waals surface area contributed by atoms with E-state index in [1.165, 1.54) is 0 Å². The van der Waals surface area contributed by atoms with Crippen molar-refractivity contribution in [3.05, 3.63) is 59.5 Å². The predicted octanol–water partition coefficient (Wildman–Crippen LogP) is 2.81. The lowest BCUT2D eigenvalue weighted by molar-refractivity contribution is -0.141. The smallest absolute Gasteiger partial charge is 0.225 e. The van der Waals surface area contributed by atoms with Crippen molar-refractivity contribution in [3.8, 4) is 0 Å². The molecule has 24 heavy (non-hydrogen) atoms. The quantitative estimate of drug-likeness (QED) is 0.940. The van der Waals surface area contributed by atoms with Crippen molar-refractivity contribution in [2.45, 2.75) is 32.4 Å². The molecule has 1 N–H and O–H groups in total. The van der Waals surface area contributed by atoms with E-state index in [9.17, 15) is 9.59 Å². The third-order valence-corrected chi connectivity index (χ3v) is 4.63. The molecule has 1 saturated heterocycles. The van der Waals surface area contributed by atoms with Gasteiger partial charge in [0, 0.05) is 13.5 Å². The molecule has 0 spiro atoms. The molecule has 2 atom stereocenters. The summed E-state index contributed by atoms with van der Waals surface area (Å²) in [5.74, 6) is 0.493. The first-order chi connectivity index (χ1) is 11.6. The first-order valence-electron chi connectivity index (χ1n) is 8.18. The van der Waals surface area contributed by atoms with E-state index in [0.717, 1.165) is 16.9 Å². The number of amides is 2. The summed E-state index contributed by atoms with van der Waals surface area (Å²) in [5, 5.41) is 2.93. The molecule has 2 amide bonds. The van der Waals surface area contributed by atoms with Crippen LogP contribution in [0.1, 0.15) is 35.8 Å². The van der Waals surface area contributed by atoms with Crippen molar-refractivity contribution in [3.63, 3.8) is 0 Å². The van der Waals surface area contributed by atoms with Crippen LogP contribution in [0.15, 0.2) is 47.1 Å². The molecule has 3 rings (SSSR count). The van der Waals surface area contributed by atoms with Gasteiger partial charge in [0.05, 0.1) is 24.8 Å². The lowest BCUT2D eigenvalue weighted by Crippen LogP contribution is -2.46. The summed E-state index contributed by atoms with van der Waals surface area (Å²) in [6.07, 6.45) is 2.55. The predicted molar refractivity (Wildman–Crippen MR) is 90.0 cm³/mol. The van der Waals surface area contributed by atoms with E-state index in [4.69, 9.17) is 4.42 Å². The molecule has 0 unspecified atom stereocenters. The number of rotatable bonds is 4. The van der Waals surface area contributed by atoms with Crippen LogP contribution in [0.3, 0.4) is 0 Å². The molecule has 2 heterocycles. The zero-order valence-electron chi connectivity index (χ0n) is 14.0. The second kappa shape index (κ2) is 6.91. The highest BCUT2D eigenvalue weighted by Gasteiger charge is 2.38. The van der Waals surface area contributed by atoms with Gasteiger partial charge in [-0.15, -0.1) is 0 Å². The summed E-state index contributed by atoms with van der Waals surface area (Å²) in [5.41, 5.74) is 2.15. The average Bonchev–Trinajstić information content (AvgIpc) is 3.09. The Morgan fingerprint density at radius 3 is 2.71 bits per heavy atom. The summed E-state index contributed by atoms with van der Waals surface area (Å²) >= 11 is 0. The second-order valence-electron chi connectivity index (χ2n) is 6.30. The molecule has 1 fully saturated rings. The first kappa shape index (κ1) is 16.3.